The van der Waals surface area contributed by atoms with Crippen molar-refractivity contribution in [2.24, 2.45) is 7.05 Å². The monoisotopic (exact) mass is 343 g/mol. The van der Waals surface area contributed by atoms with E-state index in [4.69, 9.17) is 4.74 Å². The van der Waals surface area contributed by atoms with E-state index in [1.54, 1.807) is 11.7 Å². The summed E-state index contributed by atoms with van der Waals surface area (Å²) in [5.74, 6) is 2.10. The first-order chi connectivity index (χ1) is 12.0. The molecule has 1 fully saturated rings. The van der Waals surface area contributed by atoms with Crippen molar-refractivity contribution in [3.63, 3.8) is 0 Å². The van der Waals surface area contributed by atoms with Gasteiger partial charge in [-0.1, -0.05) is 12.1 Å². The predicted octanol–water partition coefficient (Wildman–Crippen LogP) is 1.92. The zero-order valence-corrected chi connectivity index (χ0v) is 15.0. The number of carbonyl (C=O) groups is 1. The molecule has 1 aromatic heterocycles. The van der Waals surface area contributed by atoms with Crippen LogP contribution in [-0.2, 0) is 11.8 Å². The number of hydrogen-bond donors (Lipinski definition) is 2. The van der Waals surface area contributed by atoms with Crippen molar-refractivity contribution in [1.82, 2.24) is 20.1 Å². The number of aryl methyl sites for hydroxylation is 3. The Morgan fingerprint density at radius 2 is 2.12 bits per heavy atom. The lowest BCUT2D eigenvalue weighted by atomic mass is 9.98. The second-order valence-corrected chi connectivity index (χ2v) is 6.55. The van der Waals surface area contributed by atoms with Gasteiger partial charge in [0.1, 0.15) is 5.75 Å². The summed E-state index contributed by atoms with van der Waals surface area (Å²) >= 11 is 0. The SMILES string of the molecule is Cc1ccc(C)c(OCC(=O)Nc2nc(C3CCNCC3)nn2C)c1. The average molecular weight is 343 g/mol. The summed E-state index contributed by atoms with van der Waals surface area (Å²) in [5, 5.41) is 10.6. The molecule has 0 bridgehead atoms. The quantitative estimate of drug-likeness (QED) is 0.867. The topological polar surface area (TPSA) is 81.1 Å². The second kappa shape index (κ2) is 7.65. The van der Waals surface area contributed by atoms with E-state index >= 15 is 0 Å². The molecule has 2 aromatic rings. The van der Waals surface area contributed by atoms with Crippen molar-refractivity contribution in [2.45, 2.75) is 32.6 Å². The zero-order valence-electron chi connectivity index (χ0n) is 15.0. The van der Waals surface area contributed by atoms with Crippen molar-refractivity contribution >= 4 is 11.9 Å². The van der Waals surface area contributed by atoms with Gasteiger partial charge >= 0.3 is 0 Å². The van der Waals surface area contributed by atoms with Crippen LogP contribution in [0.25, 0.3) is 0 Å². The molecule has 1 aliphatic rings. The number of benzene rings is 1. The van der Waals surface area contributed by atoms with Gasteiger partial charge < -0.3 is 10.1 Å². The van der Waals surface area contributed by atoms with Crippen molar-refractivity contribution < 1.29 is 9.53 Å². The molecule has 0 radical (unpaired) electrons. The number of amides is 1. The molecule has 3 rings (SSSR count). The number of hydrogen-bond acceptors (Lipinski definition) is 5. The number of anilines is 1. The van der Waals surface area contributed by atoms with Gasteiger partial charge in [-0.2, -0.15) is 10.1 Å². The summed E-state index contributed by atoms with van der Waals surface area (Å²) < 4.78 is 7.26. The second-order valence-electron chi connectivity index (χ2n) is 6.55. The largest absolute Gasteiger partial charge is 0.483 e. The maximum absolute atomic E-state index is 12.2. The van der Waals surface area contributed by atoms with Gasteiger partial charge in [-0.25, -0.2) is 4.68 Å². The molecule has 1 aliphatic heterocycles. The van der Waals surface area contributed by atoms with E-state index in [0.29, 0.717) is 11.9 Å². The summed E-state index contributed by atoms with van der Waals surface area (Å²) in [7, 11) is 1.79. The van der Waals surface area contributed by atoms with E-state index in [9.17, 15) is 4.79 Å². The Morgan fingerprint density at radius 3 is 2.88 bits per heavy atom. The van der Waals surface area contributed by atoms with Crippen LogP contribution in [0.3, 0.4) is 0 Å². The summed E-state index contributed by atoms with van der Waals surface area (Å²) in [6.07, 6.45) is 2.04. The number of aromatic nitrogens is 3. The van der Waals surface area contributed by atoms with E-state index in [0.717, 1.165) is 48.6 Å². The highest BCUT2D eigenvalue weighted by atomic mass is 16.5. The van der Waals surface area contributed by atoms with Crippen LogP contribution in [0, 0.1) is 13.8 Å². The number of piperidine rings is 1. The summed E-state index contributed by atoms with van der Waals surface area (Å²) in [4.78, 5) is 16.7. The average Bonchev–Trinajstić information content (AvgIpc) is 2.97. The molecule has 1 amide bonds. The van der Waals surface area contributed by atoms with Gasteiger partial charge in [0.05, 0.1) is 0 Å². The summed E-state index contributed by atoms with van der Waals surface area (Å²) in [6.45, 7) is 5.86. The Bertz CT molecular complexity index is 750. The van der Waals surface area contributed by atoms with E-state index in [2.05, 4.69) is 20.7 Å². The van der Waals surface area contributed by atoms with Crippen molar-refractivity contribution in [2.75, 3.05) is 25.0 Å². The maximum Gasteiger partial charge on any atom is 0.264 e. The van der Waals surface area contributed by atoms with Crippen molar-refractivity contribution in [3.05, 3.63) is 35.2 Å². The molecule has 2 heterocycles. The van der Waals surface area contributed by atoms with Crippen LogP contribution in [-0.4, -0.2) is 40.4 Å². The molecular formula is C18H25N5O2. The highest BCUT2D eigenvalue weighted by Crippen LogP contribution is 2.23. The molecule has 0 aliphatic carbocycles. The molecule has 2 N–H and O–H groups in total. The lowest BCUT2D eigenvalue weighted by Crippen LogP contribution is -2.27. The normalized spacial score (nSPS) is 15.2. The van der Waals surface area contributed by atoms with Crippen LogP contribution in [0.15, 0.2) is 18.2 Å². The third-order valence-corrected chi connectivity index (χ3v) is 4.44. The minimum absolute atomic E-state index is 0.0557. The summed E-state index contributed by atoms with van der Waals surface area (Å²) in [5.41, 5.74) is 2.10. The van der Waals surface area contributed by atoms with Gasteiger partial charge in [0, 0.05) is 13.0 Å². The Labute approximate surface area is 147 Å². The first-order valence-corrected chi connectivity index (χ1v) is 8.64. The summed E-state index contributed by atoms with van der Waals surface area (Å²) in [6, 6.07) is 5.93. The highest BCUT2D eigenvalue weighted by Gasteiger charge is 2.21. The van der Waals surface area contributed by atoms with Crippen LogP contribution in [0.5, 0.6) is 5.75 Å². The zero-order chi connectivity index (χ0) is 17.8. The number of ether oxygens (including phenoxy) is 1. The molecule has 0 saturated carbocycles. The van der Waals surface area contributed by atoms with Crippen LogP contribution in [0.4, 0.5) is 5.95 Å². The fraction of sp³-hybridized carbons (Fsp3) is 0.500. The molecule has 7 nitrogen and oxygen atoms in total. The predicted molar refractivity (Wildman–Crippen MR) is 95.9 cm³/mol. The molecule has 0 unspecified atom stereocenters. The number of rotatable bonds is 5. The fourth-order valence-corrected chi connectivity index (χ4v) is 2.93. The Morgan fingerprint density at radius 1 is 1.36 bits per heavy atom. The number of nitrogens with one attached hydrogen (secondary N) is 2. The molecule has 0 spiro atoms. The van der Waals surface area contributed by atoms with Crippen LogP contribution >= 0.6 is 0 Å². The van der Waals surface area contributed by atoms with Crippen molar-refractivity contribution in [1.29, 1.82) is 0 Å². The van der Waals surface area contributed by atoms with Gasteiger partial charge in [0.25, 0.3) is 5.91 Å². The van der Waals surface area contributed by atoms with Gasteiger partial charge in [0.15, 0.2) is 12.4 Å². The molecule has 7 heteroatoms. The number of nitrogens with zero attached hydrogens (tertiary/aromatic N) is 3. The van der Waals surface area contributed by atoms with Crippen LogP contribution < -0.4 is 15.4 Å². The first-order valence-electron chi connectivity index (χ1n) is 8.64. The molecular weight excluding hydrogens is 318 g/mol. The smallest absolute Gasteiger partial charge is 0.264 e. The lowest BCUT2D eigenvalue weighted by molar-refractivity contribution is -0.118. The van der Waals surface area contributed by atoms with E-state index in [1.807, 2.05) is 32.0 Å². The van der Waals surface area contributed by atoms with Gasteiger partial charge in [-0.3, -0.25) is 10.1 Å². The third kappa shape index (κ3) is 4.36. The van der Waals surface area contributed by atoms with Crippen molar-refractivity contribution in [3.8, 4) is 5.75 Å². The minimum atomic E-state index is -0.242. The van der Waals surface area contributed by atoms with Crippen LogP contribution in [0.2, 0.25) is 0 Å². The van der Waals surface area contributed by atoms with E-state index in [-0.39, 0.29) is 12.5 Å². The van der Waals surface area contributed by atoms with Gasteiger partial charge in [-0.05, 0) is 57.0 Å². The Balaban J connectivity index is 1.59. The minimum Gasteiger partial charge on any atom is -0.483 e. The molecule has 25 heavy (non-hydrogen) atoms. The lowest BCUT2D eigenvalue weighted by Gasteiger charge is -2.19. The van der Waals surface area contributed by atoms with Gasteiger partial charge in [-0.15, -0.1) is 0 Å². The molecule has 1 aromatic carbocycles. The maximum atomic E-state index is 12.2. The first kappa shape index (κ1) is 17.4. The molecule has 134 valence electrons. The highest BCUT2D eigenvalue weighted by molar-refractivity contribution is 5.90. The third-order valence-electron chi connectivity index (χ3n) is 4.44. The van der Waals surface area contributed by atoms with E-state index in [1.165, 1.54) is 0 Å². The number of carbonyl (C=O) groups excluding carboxylic acids is 1. The van der Waals surface area contributed by atoms with Crippen LogP contribution in [0.1, 0.15) is 35.7 Å². The Hall–Kier alpha value is -2.41. The van der Waals surface area contributed by atoms with Gasteiger partial charge in [0.2, 0.25) is 5.95 Å². The molecule has 1 saturated heterocycles. The molecule has 0 atom stereocenters. The standard InChI is InChI=1S/C18H25N5O2/c1-12-4-5-13(2)15(10-12)25-11-16(24)20-18-21-17(22-23(18)3)14-6-8-19-9-7-14/h4-5,10,14,19H,6-9,11H2,1-3H3,(H,20,21,22,24). The fourth-order valence-electron chi connectivity index (χ4n) is 2.93. The van der Waals surface area contributed by atoms with E-state index < -0.39 is 0 Å². The Kier molecular flexibility index (Phi) is 5.33.